The van der Waals surface area contributed by atoms with E-state index in [1.54, 1.807) is 12.1 Å². The number of thioether (sulfide) groups is 1. The Morgan fingerprint density at radius 1 is 1.09 bits per heavy atom. The second-order valence-corrected chi connectivity index (χ2v) is 9.74. The van der Waals surface area contributed by atoms with Crippen molar-refractivity contribution < 1.29 is 4.79 Å². The third-order valence-electron chi connectivity index (χ3n) is 5.86. The van der Waals surface area contributed by atoms with Crippen LogP contribution in [-0.2, 0) is 4.79 Å². The fourth-order valence-corrected chi connectivity index (χ4v) is 4.93. The van der Waals surface area contributed by atoms with Crippen molar-refractivity contribution in [3.63, 3.8) is 0 Å². The third-order valence-corrected chi connectivity index (χ3v) is 7.05. The predicted molar refractivity (Wildman–Crippen MR) is 135 cm³/mol. The molecule has 1 heterocycles. The average Bonchev–Trinajstić information content (AvgIpc) is 3.26. The lowest BCUT2D eigenvalue weighted by Gasteiger charge is -2.25. The molecule has 1 saturated carbocycles. The van der Waals surface area contributed by atoms with Crippen LogP contribution in [0.2, 0.25) is 5.02 Å². The van der Waals surface area contributed by atoms with Crippen molar-refractivity contribution >= 4 is 35.0 Å². The van der Waals surface area contributed by atoms with Crippen molar-refractivity contribution in [2.75, 3.05) is 5.75 Å². The maximum absolute atomic E-state index is 12.5. The molecule has 4 rings (SSSR count). The number of hydrogen-bond donors (Lipinski definition) is 1. The fourth-order valence-electron chi connectivity index (χ4n) is 4.01. The Bertz CT molecular complexity index is 1120. The van der Waals surface area contributed by atoms with Gasteiger partial charge in [-0.15, -0.1) is 10.2 Å². The van der Waals surface area contributed by atoms with Crippen molar-refractivity contribution in [2.24, 2.45) is 5.10 Å². The fraction of sp³-hybridized carbons (Fsp3) is 0.360. The molecule has 0 bridgehead atoms. The number of carbonyl (C=O) groups is 1. The minimum Gasteiger partial charge on any atom is -0.299 e. The molecular weight excluding hydrogens is 454 g/mol. The second-order valence-electron chi connectivity index (χ2n) is 8.36. The summed E-state index contributed by atoms with van der Waals surface area (Å²) in [7, 11) is 0. The number of benzene rings is 2. The Hall–Kier alpha value is -2.64. The molecule has 33 heavy (non-hydrogen) atoms. The third kappa shape index (κ3) is 6.03. The van der Waals surface area contributed by atoms with Crippen LogP contribution in [0.4, 0.5) is 0 Å². The number of hydrogen-bond acceptors (Lipinski definition) is 5. The largest absolute Gasteiger partial charge is 0.299 e. The summed E-state index contributed by atoms with van der Waals surface area (Å²) >= 11 is 7.34. The molecule has 1 fully saturated rings. The lowest BCUT2D eigenvalue weighted by atomic mass is 9.95. The minimum atomic E-state index is -0.177. The molecule has 0 unspecified atom stereocenters. The molecule has 172 valence electrons. The summed E-state index contributed by atoms with van der Waals surface area (Å²) in [5.74, 6) is 0.917. The molecule has 1 amide bonds. The van der Waals surface area contributed by atoms with Crippen LogP contribution in [0.15, 0.2) is 58.8 Å². The Labute approximate surface area is 203 Å². The van der Waals surface area contributed by atoms with Crippen molar-refractivity contribution in [1.29, 1.82) is 0 Å². The highest BCUT2D eigenvalue weighted by Gasteiger charge is 2.24. The van der Waals surface area contributed by atoms with E-state index in [4.69, 9.17) is 11.6 Å². The van der Waals surface area contributed by atoms with Crippen LogP contribution in [0.25, 0.3) is 11.4 Å². The van der Waals surface area contributed by atoms with E-state index < -0.39 is 0 Å². The standard InChI is InChI=1S/C25H28ClN5OS/c1-17-8-10-20(11-9-17)24-29-30-25(31(24)22-6-4-3-5-7-22)33-16-23(32)28-27-18(2)19-12-14-21(26)15-13-19/h8-15,22H,3-7,16H2,1-2H3,(H,28,32)/b27-18+. The van der Waals surface area contributed by atoms with Gasteiger partial charge in [-0.3, -0.25) is 9.36 Å². The number of carbonyl (C=O) groups excluding carboxylic acids is 1. The maximum Gasteiger partial charge on any atom is 0.250 e. The van der Waals surface area contributed by atoms with Crippen LogP contribution >= 0.6 is 23.4 Å². The molecule has 1 aliphatic rings. The summed E-state index contributed by atoms with van der Waals surface area (Å²) < 4.78 is 2.24. The van der Waals surface area contributed by atoms with Crippen LogP contribution in [0.5, 0.6) is 0 Å². The molecule has 0 atom stereocenters. The number of hydrazone groups is 1. The van der Waals surface area contributed by atoms with Crippen LogP contribution < -0.4 is 5.43 Å². The van der Waals surface area contributed by atoms with E-state index in [2.05, 4.69) is 56.5 Å². The van der Waals surface area contributed by atoms with Crippen molar-refractivity contribution in [2.45, 2.75) is 57.1 Å². The van der Waals surface area contributed by atoms with Gasteiger partial charge in [0.2, 0.25) is 0 Å². The van der Waals surface area contributed by atoms with Gasteiger partial charge in [0.05, 0.1) is 11.5 Å². The summed E-state index contributed by atoms with van der Waals surface area (Å²) in [6.45, 7) is 3.93. The molecule has 3 aromatic rings. The summed E-state index contributed by atoms with van der Waals surface area (Å²) in [4.78, 5) is 12.5. The van der Waals surface area contributed by atoms with Gasteiger partial charge in [-0.1, -0.05) is 84.6 Å². The van der Waals surface area contributed by atoms with Gasteiger partial charge in [-0.05, 0) is 44.4 Å². The zero-order valence-corrected chi connectivity index (χ0v) is 20.5. The van der Waals surface area contributed by atoms with E-state index in [-0.39, 0.29) is 11.7 Å². The van der Waals surface area contributed by atoms with E-state index in [1.165, 1.54) is 36.6 Å². The highest BCUT2D eigenvalue weighted by molar-refractivity contribution is 7.99. The van der Waals surface area contributed by atoms with Gasteiger partial charge in [0.25, 0.3) is 5.91 Å². The molecule has 8 heteroatoms. The maximum atomic E-state index is 12.5. The average molecular weight is 482 g/mol. The number of aryl methyl sites for hydroxylation is 1. The second kappa shape index (κ2) is 11.0. The quantitative estimate of drug-likeness (QED) is 0.253. The molecule has 0 radical (unpaired) electrons. The Balaban J connectivity index is 1.47. The molecule has 2 aromatic carbocycles. The van der Waals surface area contributed by atoms with Crippen LogP contribution in [0.1, 0.15) is 56.2 Å². The van der Waals surface area contributed by atoms with Gasteiger partial charge >= 0.3 is 0 Å². The van der Waals surface area contributed by atoms with E-state index in [0.29, 0.717) is 11.1 Å². The molecule has 1 aromatic heterocycles. The summed E-state index contributed by atoms with van der Waals surface area (Å²) in [5, 5.41) is 14.6. The van der Waals surface area contributed by atoms with Gasteiger partial charge in [-0.2, -0.15) is 5.10 Å². The molecule has 0 spiro atoms. The molecule has 0 aliphatic heterocycles. The summed E-state index contributed by atoms with van der Waals surface area (Å²) in [6, 6.07) is 16.1. The molecule has 1 aliphatic carbocycles. The first kappa shape index (κ1) is 23.5. The lowest BCUT2D eigenvalue weighted by molar-refractivity contribution is -0.118. The smallest absolute Gasteiger partial charge is 0.250 e. The zero-order valence-electron chi connectivity index (χ0n) is 18.9. The Kier molecular flexibility index (Phi) is 7.83. The van der Waals surface area contributed by atoms with E-state index in [1.807, 2.05) is 19.1 Å². The highest BCUT2D eigenvalue weighted by Crippen LogP contribution is 2.35. The Morgan fingerprint density at radius 3 is 2.48 bits per heavy atom. The first-order valence-electron chi connectivity index (χ1n) is 11.2. The van der Waals surface area contributed by atoms with Gasteiger partial charge in [0.1, 0.15) is 0 Å². The van der Waals surface area contributed by atoms with E-state index in [0.717, 1.165) is 40.7 Å². The zero-order chi connectivity index (χ0) is 23.2. The van der Waals surface area contributed by atoms with Crippen LogP contribution in [-0.4, -0.2) is 32.1 Å². The predicted octanol–water partition coefficient (Wildman–Crippen LogP) is 6.04. The number of aromatic nitrogens is 3. The highest BCUT2D eigenvalue weighted by atomic mass is 35.5. The number of rotatable bonds is 7. The minimum absolute atomic E-state index is 0.177. The van der Waals surface area contributed by atoms with Crippen LogP contribution in [0.3, 0.4) is 0 Å². The van der Waals surface area contributed by atoms with Crippen molar-refractivity contribution in [3.8, 4) is 11.4 Å². The van der Waals surface area contributed by atoms with Crippen molar-refractivity contribution in [3.05, 3.63) is 64.7 Å². The molecule has 0 saturated heterocycles. The van der Waals surface area contributed by atoms with E-state index in [9.17, 15) is 4.79 Å². The monoisotopic (exact) mass is 481 g/mol. The Morgan fingerprint density at radius 2 is 1.79 bits per heavy atom. The number of halogens is 1. The normalized spacial score (nSPS) is 14.9. The lowest BCUT2D eigenvalue weighted by Crippen LogP contribution is -2.22. The van der Waals surface area contributed by atoms with Gasteiger partial charge in [0.15, 0.2) is 11.0 Å². The van der Waals surface area contributed by atoms with E-state index >= 15 is 0 Å². The van der Waals surface area contributed by atoms with Crippen molar-refractivity contribution in [1.82, 2.24) is 20.2 Å². The number of nitrogens with one attached hydrogen (secondary N) is 1. The first-order valence-corrected chi connectivity index (χ1v) is 12.6. The number of nitrogens with zero attached hydrogens (tertiary/aromatic N) is 4. The molecule has 6 nitrogen and oxygen atoms in total. The van der Waals surface area contributed by atoms with Gasteiger partial charge < -0.3 is 0 Å². The topological polar surface area (TPSA) is 72.2 Å². The summed E-state index contributed by atoms with van der Waals surface area (Å²) in [5.41, 5.74) is 6.54. The van der Waals surface area contributed by atoms with Gasteiger partial charge in [-0.25, -0.2) is 5.43 Å². The SMILES string of the molecule is C/C(=N\NC(=O)CSc1nnc(-c2ccc(C)cc2)n1C1CCCCC1)c1ccc(Cl)cc1. The first-order chi connectivity index (χ1) is 16.0. The number of amides is 1. The molecule has 1 N–H and O–H groups in total. The van der Waals surface area contributed by atoms with Crippen LogP contribution in [0, 0.1) is 6.92 Å². The summed E-state index contributed by atoms with van der Waals surface area (Å²) in [6.07, 6.45) is 5.91. The molecular formula is C25H28ClN5OS. The van der Waals surface area contributed by atoms with Gasteiger partial charge in [0, 0.05) is 16.6 Å².